The Labute approximate surface area is 158 Å². The molecule has 1 fully saturated rings. The zero-order valence-electron chi connectivity index (χ0n) is 14.7. The summed E-state index contributed by atoms with van der Waals surface area (Å²) < 4.78 is 1.87. The van der Waals surface area contributed by atoms with E-state index in [2.05, 4.69) is 38.6 Å². The maximum absolute atomic E-state index is 5.92. The number of hydrogen-bond acceptors (Lipinski definition) is 3. The molecule has 1 saturated heterocycles. The molecule has 0 radical (unpaired) electrons. The molecule has 1 aliphatic rings. The maximum Gasteiger partial charge on any atom is 0.193 e. The van der Waals surface area contributed by atoms with Gasteiger partial charge in [0, 0.05) is 61.5 Å². The van der Waals surface area contributed by atoms with E-state index < -0.39 is 0 Å². The van der Waals surface area contributed by atoms with Crippen LogP contribution in [-0.4, -0.2) is 53.1 Å². The number of aliphatic imine (C=N–C) groups is 1. The smallest absolute Gasteiger partial charge is 0.193 e. The second-order valence-electron chi connectivity index (χ2n) is 6.16. The van der Waals surface area contributed by atoms with Gasteiger partial charge < -0.3 is 10.2 Å². The predicted octanol–water partition coefficient (Wildman–Crippen LogP) is 3.23. The van der Waals surface area contributed by atoms with Crippen molar-refractivity contribution in [3.63, 3.8) is 0 Å². The van der Waals surface area contributed by atoms with Crippen molar-refractivity contribution in [3.8, 4) is 0 Å². The van der Waals surface area contributed by atoms with Gasteiger partial charge in [-0.25, -0.2) is 0 Å². The molecule has 2 heterocycles. The van der Waals surface area contributed by atoms with Crippen LogP contribution in [0.3, 0.4) is 0 Å². The molecule has 3 rings (SSSR count). The summed E-state index contributed by atoms with van der Waals surface area (Å²) in [6.45, 7) is 2.91. The molecule has 0 aliphatic carbocycles. The Hall–Kier alpha value is -1.66. The molecule has 7 heteroatoms. The molecule has 1 aromatic heterocycles. The number of aryl methyl sites for hydroxylation is 1. The van der Waals surface area contributed by atoms with E-state index in [1.165, 1.54) is 10.5 Å². The number of hydrogen-bond donors (Lipinski definition) is 1. The monoisotopic (exact) mass is 377 g/mol. The summed E-state index contributed by atoms with van der Waals surface area (Å²) >= 11 is 7.73. The Morgan fingerprint density at radius 2 is 2.20 bits per heavy atom. The molecule has 0 spiro atoms. The van der Waals surface area contributed by atoms with Gasteiger partial charge in [0.05, 0.1) is 6.20 Å². The summed E-state index contributed by atoms with van der Waals surface area (Å²) in [6, 6.07) is 7.97. The van der Waals surface area contributed by atoms with Crippen LogP contribution in [0.5, 0.6) is 0 Å². The Bertz CT molecular complexity index is 713. The first kappa shape index (κ1) is 18.1. The number of benzene rings is 1. The van der Waals surface area contributed by atoms with Crippen molar-refractivity contribution in [2.24, 2.45) is 12.0 Å². The summed E-state index contributed by atoms with van der Waals surface area (Å²) in [7, 11) is 3.82. The zero-order chi connectivity index (χ0) is 17.6. The third-order valence-corrected chi connectivity index (χ3v) is 5.63. The highest BCUT2D eigenvalue weighted by atomic mass is 35.5. The first-order chi connectivity index (χ1) is 12.2. The molecule has 0 saturated carbocycles. The fourth-order valence-corrected chi connectivity index (χ4v) is 3.96. The summed E-state index contributed by atoms with van der Waals surface area (Å²) in [5.41, 5.74) is 1.32. The second kappa shape index (κ2) is 8.63. The van der Waals surface area contributed by atoms with Gasteiger partial charge in [0.15, 0.2) is 5.96 Å². The van der Waals surface area contributed by atoms with Gasteiger partial charge in [-0.3, -0.25) is 9.67 Å². The summed E-state index contributed by atoms with van der Waals surface area (Å²) in [5.74, 6) is 2.51. The quantitative estimate of drug-likeness (QED) is 0.376. The van der Waals surface area contributed by atoms with Crippen molar-refractivity contribution in [2.75, 3.05) is 32.4 Å². The molecule has 1 aromatic carbocycles. The van der Waals surface area contributed by atoms with Gasteiger partial charge in [-0.1, -0.05) is 11.6 Å². The standard InChI is InChI=1S/C18H24ClN5S/c1-20-18(21-8-10-25-17-5-3-16(19)4-6-17)24-9-7-14(13-24)15-11-22-23(2)12-15/h3-6,11-12,14H,7-10,13H2,1-2H3,(H,20,21). The molecule has 25 heavy (non-hydrogen) atoms. The number of nitrogens with zero attached hydrogens (tertiary/aromatic N) is 4. The number of likely N-dealkylation sites (tertiary alicyclic amines) is 1. The van der Waals surface area contributed by atoms with E-state index in [0.717, 1.165) is 42.8 Å². The fraction of sp³-hybridized carbons (Fsp3) is 0.444. The SMILES string of the molecule is CN=C(NCCSc1ccc(Cl)cc1)N1CCC(c2cnn(C)c2)C1. The summed E-state index contributed by atoms with van der Waals surface area (Å²) in [6.07, 6.45) is 5.24. The van der Waals surface area contributed by atoms with E-state index in [-0.39, 0.29) is 0 Å². The lowest BCUT2D eigenvalue weighted by atomic mass is 10.0. The van der Waals surface area contributed by atoms with Gasteiger partial charge in [-0.2, -0.15) is 5.10 Å². The highest BCUT2D eigenvalue weighted by Gasteiger charge is 2.26. The average Bonchev–Trinajstić information content (AvgIpc) is 3.25. The molecule has 0 bridgehead atoms. The van der Waals surface area contributed by atoms with Crippen LogP contribution in [0.15, 0.2) is 46.5 Å². The molecule has 2 aromatic rings. The fourth-order valence-electron chi connectivity index (χ4n) is 3.07. The number of nitrogens with one attached hydrogen (secondary N) is 1. The van der Waals surface area contributed by atoms with Crippen LogP contribution in [0.4, 0.5) is 0 Å². The Kier molecular flexibility index (Phi) is 6.26. The number of aromatic nitrogens is 2. The molecule has 1 atom stereocenters. The second-order valence-corrected chi connectivity index (χ2v) is 7.76. The third kappa shape index (κ3) is 4.92. The van der Waals surface area contributed by atoms with Gasteiger partial charge in [0.1, 0.15) is 0 Å². The number of thioether (sulfide) groups is 1. The van der Waals surface area contributed by atoms with E-state index >= 15 is 0 Å². The zero-order valence-corrected chi connectivity index (χ0v) is 16.2. The molecule has 1 unspecified atom stereocenters. The van der Waals surface area contributed by atoms with Crippen LogP contribution >= 0.6 is 23.4 Å². The molecule has 0 amide bonds. The first-order valence-electron chi connectivity index (χ1n) is 8.48. The number of guanidine groups is 1. The Morgan fingerprint density at radius 1 is 1.40 bits per heavy atom. The molecule has 1 N–H and O–H groups in total. The first-order valence-corrected chi connectivity index (χ1v) is 9.84. The summed E-state index contributed by atoms with van der Waals surface area (Å²) in [5, 5.41) is 8.54. The van der Waals surface area contributed by atoms with E-state index in [1.54, 1.807) is 0 Å². The van der Waals surface area contributed by atoms with E-state index in [9.17, 15) is 0 Å². The van der Waals surface area contributed by atoms with Gasteiger partial charge in [0.25, 0.3) is 0 Å². The molecule has 5 nitrogen and oxygen atoms in total. The van der Waals surface area contributed by atoms with Gasteiger partial charge in [0.2, 0.25) is 0 Å². The minimum Gasteiger partial charge on any atom is -0.355 e. The topological polar surface area (TPSA) is 45.5 Å². The number of halogens is 1. The lowest BCUT2D eigenvalue weighted by Crippen LogP contribution is -2.40. The van der Waals surface area contributed by atoms with Crippen LogP contribution in [0.1, 0.15) is 17.9 Å². The molecular weight excluding hydrogens is 354 g/mol. The lowest BCUT2D eigenvalue weighted by molar-refractivity contribution is 0.488. The van der Waals surface area contributed by atoms with Crippen LogP contribution < -0.4 is 5.32 Å². The van der Waals surface area contributed by atoms with Crippen molar-refractivity contribution in [2.45, 2.75) is 17.2 Å². The summed E-state index contributed by atoms with van der Waals surface area (Å²) in [4.78, 5) is 8.02. The average molecular weight is 378 g/mol. The molecular formula is C18H24ClN5S. The van der Waals surface area contributed by atoms with Crippen molar-refractivity contribution in [1.82, 2.24) is 20.0 Å². The number of rotatable bonds is 5. The van der Waals surface area contributed by atoms with Gasteiger partial charge in [-0.15, -0.1) is 11.8 Å². The Balaban J connectivity index is 1.44. The van der Waals surface area contributed by atoms with Gasteiger partial charge >= 0.3 is 0 Å². The molecule has 1 aliphatic heterocycles. The van der Waals surface area contributed by atoms with Crippen molar-refractivity contribution in [3.05, 3.63) is 47.2 Å². The van der Waals surface area contributed by atoms with Crippen LogP contribution in [-0.2, 0) is 7.05 Å². The van der Waals surface area contributed by atoms with Crippen molar-refractivity contribution >= 4 is 29.3 Å². The van der Waals surface area contributed by atoms with Crippen LogP contribution in [0.25, 0.3) is 0 Å². The van der Waals surface area contributed by atoms with E-state index in [4.69, 9.17) is 11.6 Å². The Morgan fingerprint density at radius 3 is 2.88 bits per heavy atom. The normalized spacial score (nSPS) is 18.0. The highest BCUT2D eigenvalue weighted by Crippen LogP contribution is 2.26. The third-order valence-electron chi connectivity index (χ3n) is 4.36. The van der Waals surface area contributed by atoms with Crippen molar-refractivity contribution in [1.29, 1.82) is 0 Å². The van der Waals surface area contributed by atoms with E-state index in [0.29, 0.717) is 5.92 Å². The van der Waals surface area contributed by atoms with E-state index in [1.807, 2.05) is 48.9 Å². The minimum absolute atomic E-state index is 0.538. The molecule has 134 valence electrons. The minimum atomic E-state index is 0.538. The van der Waals surface area contributed by atoms with Gasteiger partial charge in [-0.05, 0) is 36.2 Å². The maximum atomic E-state index is 5.92. The lowest BCUT2D eigenvalue weighted by Gasteiger charge is -2.21. The largest absolute Gasteiger partial charge is 0.355 e. The van der Waals surface area contributed by atoms with Crippen LogP contribution in [0, 0.1) is 0 Å². The van der Waals surface area contributed by atoms with Crippen molar-refractivity contribution < 1.29 is 0 Å². The van der Waals surface area contributed by atoms with Crippen LogP contribution in [0.2, 0.25) is 5.02 Å². The highest BCUT2D eigenvalue weighted by molar-refractivity contribution is 7.99. The predicted molar refractivity (Wildman–Crippen MR) is 106 cm³/mol.